The number of phenolic OH excluding ortho intramolecular Hbond substituents is 1. The van der Waals surface area contributed by atoms with Crippen molar-refractivity contribution in [2.75, 3.05) is 20.0 Å². The van der Waals surface area contributed by atoms with Crippen LogP contribution in [0, 0.1) is 0 Å². The molecular formula is C25H23NO7. The van der Waals surface area contributed by atoms with E-state index in [9.17, 15) is 14.4 Å². The minimum atomic E-state index is -0.525. The Kier molecular flexibility index (Phi) is 9.20. The van der Waals surface area contributed by atoms with Crippen molar-refractivity contribution >= 4 is 28.6 Å². The van der Waals surface area contributed by atoms with E-state index in [0.29, 0.717) is 16.8 Å². The summed E-state index contributed by atoms with van der Waals surface area (Å²) in [5.41, 5.74) is 6.88. The molecule has 0 fully saturated rings. The Balaban J connectivity index is 0.000000175. The summed E-state index contributed by atoms with van der Waals surface area (Å²) in [6.45, 7) is 0. The normalized spacial score (nSPS) is 9.52. The maximum atomic E-state index is 10.9. The first-order valence-corrected chi connectivity index (χ1v) is 9.65. The van der Waals surface area contributed by atoms with Gasteiger partial charge in [-0.15, -0.1) is 0 Å². The molecule has 4 rings (SSSR count). The fraction of sp³-hybridized carbons (Fsp3) is 0.0800. The van der Waals surface area contributed by atoms with Gasteiger partial charge in [0, 0.05) is 17.1 Å². The Morgan fingerprint density at radius 1 is 0.758 bits per heavy atom. The summed E-state index contributed by atoms with van der Waals surface area (Å²) in [5.74, 6) is -0.981. The molecule has 0 amide bonds. The molecule has 0 aliphatic rings. The second-order valence-corrected chi connectivity index (χ2v) is 6.38. The van der Waals surface area contributed by atoms with Crippen LogP contribution in [0.25, 0.3) is 11.0 Å². The summed E-state index contributed by atoms with van der Waals surface area (Å²) in [5, 5.41) is 10.1. The number of methoxy groups -OCH3 is 2. The average molecular weight is 449 g/mol. The molecule has 1 heterocycles. The summed E-state index contributed by atoms with van der Waals surface area (Å²) >= 11 is 0. The molecule has 1 aromatic heterocycles. The number of nitrogen functional groups attached to an aromatic ring is 1. The van der Waals surface area contributed by atoms with Crippen molar-refractivity contribution in [3.63, 3.8) is 0 Å². The van der Waals surface area contributed by atoms with Crippen LogP contribution in [0.5, 0.6) is 5.75 Å². The number of para-hydroxylation sites is 3. The first-order chi connectivity index (χ1) is 15.9. The van der Waals surface area contributed by atoms with Gasteiger partial charge in [0.05, 0.1) is 19.8 Å². The van der Waals surface area contributed by atoms with Crippen molar-refractivity contribution in [2.24, 2.45) is 0 Å². The number of rotatable bonds is 2. The zero-order chi connectivity index (χ0) is 24.2. The molecule has 0 aliphatic carbocycles. The Morgan fingerprint density at radius 3 is 1.94 bits per heavy atom. The Hall–Kier alpha value is -4.59. The highest BCUT2D eigenvalue weighted by Crippen LogP contribution is 2.15. The predicted molar refractivity (Wildman–Crippen MR) is 124 cm³/mol. The van der Waals surface area contributed by atoms with Crippen LogP contribution in [0.15, 0.2) is 94.1 Å². The van der Waals surface area contributed by atoms with E-state index < -0.39 is 11.9 Å². The number of nitrogens with two attached hydrogens (primary N) is 1. The predicted octanol–water partition coefficient (Wildman–Crippen LogP) is 4.03. The molecule has 0 aliphatic heterocycles. The van der Waals surface area contributed by atoms with Gasteiger partial charge in [0.25, 0.3) is 0 Å². The molecule has 8 heteroatoms. The van der Waals surface area contributed by atoms with Gasteiger partial charge in [-0.25, -0.2) is 14.4 Å². The summed E-state index contributed by atoms with van der Waals surface area (Å²) in [6.07, 6.45) is 0. The molecule has 3 aromatic carbocycles. The van der Waals surface area contributed by atoms with Gasteiger partial charge in [-0.3, -0.25) is 0 Å². The molecule has 33 heavy (non-hydrogen) atoms. The van der Waals surface area contributed by atoms with Gasteiger partial charge < -0.3 is 24.7 Å². The molecule has 0 radical (unpaired) electrons. The highest BCUT2D eigenvalue weighted by Gasteiger charge is 2.08. The number of ether oxygens (including phenoxy) is 2. The van der Waals surface area contributed by atoms with Crippen molar-refractivity contribution in [3.05, 3.63) is 106 Å². The number of aromatic hydroxyl groups is 1. The van der Waals surface area contributed by atoms with Gasteiger partial charge in [-0.2, -0.15) is 0 Å². The van der Waals surface area contributed by atoms with E-state index >= 15 is 0 Å². The first kappa shape index (κ1) is 24.7. The molecule has 0 saturated carbocycles. The zero-order valence-electron chi connectivity index (χ0n) is 18.1. The van der Waals surface area contributed by atoms with E-state index in [-0.39, 0.29) is 16.9 Å². The van der Waals surface area contributed by atoms with Gasteiger partial charge in [0.2, 0.25) is 0 Å². The van der Waals surface area contributed by atoms with Crippen molar-refractivity contribution < 1.29 is 28.6 Å². The second kappa shape index (κ2) is 12.3. The lowest BCUT2D eigenvalue weighted by molar-refractivity contribution is 0.0590. The van der Waals surface area contributed by atoms with Crippen LogP contribution in [-0.4, -0.2) is 31.3 Å². The number of hydrogen-bond acceptors (Lipinski definition) is 8. The van der Waals surface area contributed by atoms with Crippen LogP contribution in [0.1, 0.15) is 20.7 Å². The maximum Gasteiger partial charge on any atom is 0.341 e. The third kappa shape index (κ3) is 7.25. The molecule has 170 valence electrons. The lowest BCUT2D eigenvalue weighted by Crippen LogP contribution is -2.04. The smallest absolute Gasteiger partial charge is 0.341 e. The summed E-state index contributed by atoms with van der Waals surface area (Å²) in [7, 11) is 2.60. The van der Waals surface area contributed by atoms with E-state index in [2.05, 4.69) is 9.47 Å². The van der Waals surface area contributed by atoms with Crippen LogP contribution in [-0.2, 0) is 9.47 Å². The highest BCUT2D eigenvalue weighted by atomic mass is 16.5. The van der Waals surface area contributed by atoms with Crippen LogP contribution >= 0.6 is 0 Å². The topological polar surface area (TPSA) is 129 Å². The average Bonchev–Trinajstić information content (AvgIpc) is 2.84. The van der Waals surface area contributed by atoms with Crippen LogP contribution in [0.2, 0.25) is 0 Å². The van der Waals surface area contributed by atoms with Crippen LogP contribution in [0.3, 0.4) is 0 Å². The van der Waals surface area contributed by atoms with Gasteiger partial charge in [-0.05, 0) is 36.4 Å². The van der Waals surface area contributed by atoms with Gasteiger partial charge in [-0.1, -0.05) is 42.5 Å². The summed E-state index contributed by atoms with van der Waals surface area (Å²) in [4.78, 5) is 32.5. The largest absolute Gasteiger partial charge is 0.507 e. The first-order valence-electron chi connectivity index (χ1n) is 9.65. The number of hydrogen-bond donors (Lipinski definition) is 2. The minimum absolute atomic E-state index is 0.0562. The Bertz CT molecular complexity index is 1220. The summed E-state index contributed by atoms with van der Waals surface area (Å²) < 4.78 is 13.8. The van der Waals surface area contributed by atoms with Crippen molar-refractivity contribution in [3.8, 4) is 5.75 Å². The number of benzene rings is 3. The fourth-order valence-electron chi connectivity index (χ4n) is 2.56. The van der Waals surface area contributed by atoms with Crippen LogP contribution < -0.4 is 11.4 Å². The Morgan fingerprint density at radius 2 is 1.30 bits per heavy atom. The molecule has 3 N–H and O–H groups in total. The SMILES string of the molecule is COC(=O)c1ccccc1N.COC(=O)c1ccccc1O.O=c1ccc2ccccc2o1. The number of carbonyl (C=O) groups is 2. The molecule has 0 saturated heterocycles. The number of fused-ring (bicyclic) bond motifs is 1. The summed E-state index contributed by atoms with van der Waals surface area (Å²) in [6, 6.07) is 23.6. The van der Waals surface area contributed by atoms with E-state index in [4.69, 9.17) is 15.3 Å². The number of esters is 2. The zero-order valence-corrected chi connectivity index (χ0v) is 18.1. The lowest BCUT2D eigenvalue weighted by Gasteiger charge is -2.00. The minimum Gasteiger partial charge on any atom is -0.507 e. The molecule has 4 aromatic rings. The van der Waals surface area contributed by atoms with Gasteiger partial charge in [0.1, 0.15) is 16.9 Å². The van der Waals surface area contributed by atoms with E-state index in [1.165, 1.54) is 32.4 Å². The standard InChI is InChI=1S/C9H6O2.C8H9NO2.C8H8O3/c10-9-6-5-7-3-1-2-4-8(7)11-9;2*1-11-8(10)6-4-2-3-5-7(6)9/h1-6H;2-5H,9H2,1H3;2-5,9H,1H3. The molecule has 0 spiro atoms. The van der Waals surface area contributed by atoms with Gasteiger partial charge in [0.15, 0.2) is 0 Å². The van der Waals surface area contributed by atoms with Crippen molar-refractivity contribution in [1.29, 1.82) is 0 Å². The van der Waals surface area contributed by atoms with Gasteiger partial charge >= 0.3 is 17.6 Å². The van der Waals surface area contributed by atoms with E-state index in [0.717, 1.165) is 5.39 Å². The third-order valence-electron chi connectivity index (χ3n) is 4.20. The maximum absolute atomic E-state index is 10.9. The number of anilines is 1. The number of phenols is 1. The van der Waals surface area contributed by atoms with E-state index in [1.54, 1.807) is 48.5 Å². The molecule has 0 unspecified atom stereocenters. The molecule has 0 atom stereocenters. The van der Waals surface area contributed by atoms with Crippen LogP contribution in [0.4, 0.5) is 5.69 Å². The third-order valence-corrected chi connectivity index (χ3v) is 4.20. The van der Waals surface area contributed by atoms with E-state index in [1.807, 2.05) is 18.2 Å². The monoisotopic (exact) mass is 449 g/mol. The molecule has 8 nitrogen and oxygen atoms in total. The fourth-order valence-corrected chi connectivity index (χ4v) is 2.56. The Labute approximate surface area is 189 Å². The highest BCUT2D eigenvalue weighted by molar-refractivity contribution is 5.94. The molecular weight excluding hydrogens is 426 g/mol. The lowest BCUT2D eigenvalue weighted by atomic mass is 10.2. The quantitative estimate of drug-likeness (QED) is 0.267. The van der Waals surface area contributed by atoms with Crippen molar-refractivity contribution in [1.82, 2.24) is 0 Å². The van der Waals surface area contributed by atoms with Crippen molar-refractivity contribution in [2.45, 2.75) is 0 Å². The molecule has 0 bridgehead atoms. The second-order valence-electron chi connectivity index (χ2n) is 6.38. The number of carbonyl (C=O) groups excluding carboxylic acids is 2.